The van der Waals surface area contributed by atoms with Gasteiger partial charge in [-0.15, -0.1) is 0 Å². The monoisotopic (exact) mass is 303 g/mol. The minimum atomic E-state index is 0.853. The third-order valence-electron chi connectivity index (χ3n) is 3.04. The summed E-state index contributed by atoms with van der Waals surface area (Å²) in [5.41, 5.74) is 5.10. The summed E-state index contributed by atoms with van der Waals surface area (Å²) in [4.78, 5) is 0. The van der Waals surface area contributed by atoms with Gasteiger partial charge < -0.3 is 5.32 Å². The minimum absolute atomic E-state index is 0.853. The second kappa shape index (κ2) is 6.05. The van der Waals surface area contributed by atoms with Crippen molar-refractivity contribution < 1.29 is 0 Å². The maximum absolute atomic E-state index is 3.56. The number of anilines is 1. The molecule has 2 aromatic rings. The molecule has 2 aromatic carbocycles. The van der Waals surface area contributed by atoms with E-state index < -0.39 is 0 Å². The van der Waals surface area contributed by atoms with Gasteiger partial charge in [-0.2, -0.15) is 0 Å². The highest BCUT2D eigenvalue weighted by Crippen LogP contribution is 2.23. The second-order valence-electron chi connectivity index (χ2n) is 4.51. The van der Waals surface area contributed by atoms with Gasteiger partial charge in [-0.1, -0.05) is 37.3 Å². The Morgan fingerprint density at radius 1 is 1.00 bits per heavy atom. The number of nitrogens with one attached hydrogen (secondary N) is 1. The molecule has 0 aliphatic carbocycles. The molecular weight excluding hydrogens is 286 g/mol. The first-order valence-electron chi connectivity index (χ1n) is 6.27. The maximum Gasteiger partial charge on any atom is 0.0489 e. The normalized spacial score (nSPS) is 10.4. The Hall–Kier alpha value is -1.28. The molecule has 0 aromatic heterocycles. The Balaban J connectivity index is 2.04. The van der Waals surface area contributed by atoms with E-state index in [1.807, 2.05) is 0 Å². The highest BCUT2D eigenvalue weighted by Gasteiger charge is 2.00. The fourth-order valence-corrected chi connectivity index (χ4v) is 2.25. The van der Waals surface area contributed by atoms with Crippen LogP contribution >= 0.6 is 15.9 Å². The van der Waals surface area contributed by atoms with E-state index in [4.69, 9.17) is 0 Å². The Morgan fingerprint density at radius 3 is 2.33 bits per heavy atom. The molecule has 0 aliphatic heterocycles. The fraction of sp³-hybridized carbons (Fsp3) is 0.250. The van der Waals surface area contributed by atoms with Crippen molar-refractivity contribution in [3.63, 3.8) is 0 Å². The molecule has 0 unspecified atom stereocenters. The predicted molar refractivity (Wildman–Crippen MR) is 82.0 cm³/mol. The summed E-state index contributed by atoms with van der Waals surface area (Å²) in [6, 6.07) is 15.1. The lowest BCUT2D eigenvalue weighted by atomic mass is 10.1. The van der Waals surface area contributed by atoms with Crippen LogP contribution in [-0.2, 0) is 13.0 Å². The summed E-state index contributed by atoms with van der Waals surface area (Å²) in [6.45, 7) is 5.14. The first-order chi connectivity index (χ1) is 8.69. The largest absolute Gasteiger partial charge is 0.380 e. The molecule has 2 heteroatoms. The fourth-order valence-electron chi connectivity index (χ4n) is 1.86. The summed E-state index contributed by atoms with van der Waals surface area (Å²) in [7, 11) is 0. The van der Waals surface area contributed by atoms with Gasteiger partial charge in [-0.05, 0) is 58.1 Å². The van der Waals surface area contributed by atoms with Crippen molar-refractivity contribution in [3.05, 3.63) is 63.6 Å². The number of rotatable bonds is 4. The van der Waals surface area contributed by atoms with Crippen molar-refractivity contribution in [2.24, 2.45) is 0 Å². The van der Waals surface area contributed by atoms with Crippen LogP contribution < -0.4 is 5.32 Å². The van der Waals surface area contributed by atoms with Crippen LogP contribution in [0.3, 0.4) is 0 Å². The van der Waals surface area contributed by atoms with Crippen LogP contribution in [-0.4, -0.2) is 0 Å². The topological polar surface area (TPSA) is 12.0 Å². The smallest absolute Gasteiger partial charge is 0.0489 e. The minimum Gasteiger partial charge on any atom is -0.380 e. The number of hydrogen-bond acceptors (Lipinski definition) is 1. The quantitative estimate of drug-likeness (QED) is 0.844. The van der Waals surface area contributed by atoms with Crippen LogP contribution in [0.4, 0.5) is 5.69 Å². The van der Waals surface area contributed by atoms with Gasteiger partial charge >= 0.3 is 0 Å². The molecule has 2 rings (SSSR count). The Kier molecular flexibility index (Phi) is 4.43. The molecule has 18 heavy (non-hydrogen) atoms. The van der Waals surface area contributed by atoms with E-state index in [0.717, 1.165) is 23.1 Å². The van der Waals surface area contributed by atoms with Crippen molar-refractivity contribution in [2.75, 3.05) is 5.32 Å². The van der Waals surface area contributed by atoms with Gasteiger partial charge in [0, 0.05) is 16.7 Å². The molecule has 94 valence electrons. The molecule has 1 N–H and O–H groups in total. The number of benzene rings is 2. The molecule has 0 atom stereocenters. The number of aryl methyl sites for hydroxylation is 2. The third kappa shape index (κ3) is 3.36. The van der Waals surface area contributed by atoms with Crippen LogP contribution in [0.15, 0.2) is 46.9 Å². The standard InChI is InChI=1S/C16H18BrN/c1-3-13-5-7-14(8-6-13)11-18-16-10-12(2)4-9-15(16)17/h4-10,18H,3,11H2,1-2H3. The zero-order chi connectivity index (χ0) is 13.0. The van der Waals surface area contributed by atoms with Gasteiger partial charge in [0.25, 0.3) is 0 Å². The molecule has 0 heterocycles. The molecular formula is C16H18BrN. The molecule has 0 radical (unpaired) electrons. The van der Waals surface area contributed by atoms with E-state index in [-0.39, 0.29) is 0 Å². The molecule has 0 bridgehead atoms. The van der Waals surface area contributed by atoms with Crippen molar-refractivity contribution >= 4 is 21.6 Å². The van der Waals surface area contributed by atoms with Crippen LogP contribution in [0, 0.1) is 6.92 Å². The van der Waals surface area contributed by atoms with Gasteiger partial charge in [0.2, 0.25) is 0 Å². The van der Waals surface area contributed by atoms with Gasteiger partial charge in [0.15, 0.2) is 0 Å². The lowest BCUT2D eigenvalue weighted by molar-refractivity contribution is 1.10. The summed E-state index contributed by atoms with van der Waals surface area (Å²) < 4.78 is 1.11. The van der Waals surface area contributed by atoms with E-state index in [1.165, 1.54) is 16.7 Å². The second-order valence-corrected chi connectivity index (χ2v) is 5.36. The van der Waals surface area contributed by atoms with Gasteiger partial charge in [0.05, 0.1) is 0 Å². The molecule has 0 amide bonds. The molecule has 0 saturated heterocycles. The van der Waals surface area contributed by atoms with E-state index in [9.17, 15) is 0 Å². The zero-order valence-electron chi connectivity index (χ0n) is 10.8. The van der Waals surface area contributed by atoms with Crippen LogP contribution in [0.5, 0.6) is 0 Å². The van der Waals surface area contributed by atoms with E-state index in [0.29, 0.717) is 0 Å². The van der Waals surface area contributed by atoms with Crippen LogP contribution in [0.1, 0.15) is 23.6 Å². The van der Waals surface area contributed by atoms with Gasteiger partial charge in [0.1, 0.15) is 0 Å². The van der Waals surface area contributed by atoms with Crippen LogP contribution in [0.25, 0.3) is 0 Å². The van der Waals surface area contributed by atoms with Crippen molar-refractivity contribution in [1.29, 1.82) is 0 Å². The van der Waals surface area contributed by atoms with Gasteiger partial charge in [-0.25, -0.2) is 0 Å². The number of halogens is 1. The Labute approximate surface area is 117 Å². The van der Waals surface area contributed by atoms with E-state index in [2.05, 4.69) is 77.6 Å². The first kappa shape index (κ1) is 13.2. The molecule has 0 fully saturated rings. The van der Waals surface area contributed by atoms with E-state index in [1.54, 1.807) is 0 Å². The van der Waals surface area contributed by atoms with Crippen molar-refractivity contribution in [2.45, 2.75) is 26.8 Å². The molecule has 1 nitrogen and oxygen atoms in total. The highest BCUT2D eigenvalue weighted by atomic mass is 79.9. The molecule has 0 spiro atoms. The SMILES string of the molecule is CCc1ccc(CNc2cc(C)ccc2Br)cc1. The summed E-state index contributed by atoms with van der Waals surface area (Å²) >= 11 is 3.56. The average molecular weight is 304 g/mol. The van der Waals surface area contributed by atoms with Crippen LogP contribution in [0.2, 0.25) is 0 Å². The Bertz CT molecular complexity index is 517. The number of hydrogen-bond donors (Lipinski definition) is 1. The predicted octanol–water partition coefficient (Wildman–Crippen LogP) is 4.93. The average Bonchev–Trinajstić information content (AvgIpc) is 2.40. The molecule has 0 aliphatic rings. The van der Waals surface area contributed by atoms with E-state index >= 15 is 0 Å². The first-order valence-corrected chi connectivity index (χ1v) is 7.06. The zero-order valence-corrected chi connectivity index (χ0v) is 12.4. The summed E-state index contributed by atoms with van der Waals surface area (Å²) in [5, 5.41) is 3.46. The molecule has 0 saturated carbocycles. The summed E-state index contributed by atoms with van der Waals surface area (Å²) in [5.74, 6) is 0. The third-order valence-corrected chi connectivity index (χ3v) is 3.73. The lowest BCUT2D eigenvalue weighted by Crippen LogP contribution is -2.00. The Morgan fingerprint density at radius 2 is 1.67 bits per heavy atom. The van der Waals surface area contributed by atoms with Crippen molar-refractivity contribution in [1.82, 2.24) is 0 Å². The maximum atomic E-state index is 3.56. The highest BCUT2D eigenvalue weighted by molar-refractivity contribution is 9.10. The van der Waals surface area contributed by atoms with Gasteiger partial charge in [-0.3, -0.25) is 0 Å². The van der Waals surface area contributed by atoms with Crippen molar-refractivity contribution in [3.8, 4) is 0 Å². The summed E-state index contributed by atoms with van der Waals surface area (Å²) in [6.07, 6.45) is 1.09. The lowest BCUT2D eigenvalue weighted by Gasteiger charge is -2.10.